The second-order valence-electron chi connectivity index (χ2n) is 5.34. The molecule has 0 saturated heterocycles. The minimum atomic E-state index is 0.592. The first kappa shape index (κ1) is 15.0. The second kappa shape index (κ2) is 6.36. The van der Waals surface area contributed by atoms with Crippen molar-refractivity contribution in [3.63, 3.8) is 0 Å². The van der Waals surface area contributed by atoms with E-state index in [2.05, 4.69) is 30.1 Å². The summed E-state index contributed by atoms with van der Waals surface area (Å²) in [5, 5.41) is 9.15. The monoisotopic (exact) mass is 282 g/mol. The number of anilines is 2. The van der Waals surface area contributed by atoms with Crippen molar-refractivity contribution >= 4 is 11.5 Å². The molecule has 0 fully saturated rings. The van der Waals surface area contributed by atoms with E-state index in [1.54, 1.807) is 0 Å². The van der Waals surface area contributed by atoms with Crippen molar-refractivity contribution in [2.75, 3.05) is 24.2 Å². The number of rotatable bonds is 5. The molecular formula is C17H22N4. The van der Waals surface area contributed by atoms with E-state index in [1.807, 2.05) is 36.6 Å². The zero-order valence-electron chi connectivity index (χ0n) is 12.9. The lowest BCUT2D eigenvalue weighted by molar-refractivity contribution is 0.633. The van der Waals surface area contributed by atoms with Crippen molar-refractivity contribution in [3.05, 3.63) is 47.2 Å². The molecule has 0 aliphatic carbocycles. The summed E-state index contributed by atoms with van der Waals surface area (Å²) in [4.78, 5) is 2.23. The van der Waals surface area contributed by atoms with E-state index in [4.69, 9.17) is 11.0 Å². The number of nitrogens with two attached hydrogens (primary N) is 1. The summed E-state index contributed by atoms with van der Waals surface area (Å²) in [5.74, 6) is 0.592. The number of hydrogen-bond acceptors (Lipinski definition) is 3. The Bertz CT molecular complexity index is 650. The number of benzene rings is 1. The first-order valence-electron chi connectivity index (χ1n) is 7.17. The summed E-state index contributed by atoms with van der Waals surface area (Å²) in [6, 6.07) is 12.5. The van der Waals surface area contributed by atoms with Crippen molar-refractivity contribution in [3.8, 4) is 6.07 Å². The Kier molecular flexibility index (Phi) is 4.54. The number of nitrogen functional groups attached to an aromatic ring is 1. The molecule has 0 amide bonds. The largest absolute Gasteiger partial charge is 0.384 e. The summed E-state index contributed by atoms with van der Waals surface area (Å²) in [7, 11) is 2.09. The van der Waals surface area contributed by atoms with Crippen LogP contribution in [-0.2, 0) is 6.54 Å². The molecule has 0 spiro atoms. The lowest BCUT2D eigenvalue weighted by Gasteiger charge is -2.19. The van der Waals surface area contributed by atoms with E-state index >= 15 is 0 Å². The lowest BCUT2D eigenvalue weighted by Crippen LogP contribution is -2.20. The van der Waals surface area contributed by atoms with Gasteiger partial charge in [-0.15, -0.1) is 0 Å². The van der Waals surface area contributed by atoms with Crippen molar-refractivity contribution in [2.45, 2.75) is 26.8 Å². The van der Waals surface area contributed by atoms with Crippen LogP contribution in [0.3, 0.4) is 0 Å². The molecule has 1 aromatic carbocycles. The van der Waals surface area contributed by atoms with Crippen molar-refractivity contribution < 1.29 is 0 Å². The Labute approximate surface area is 126 Å². The number of aromatic nitrogens is 1. The quantitative estimate of drug-likeness (QED) is 0.916. The first-order valence-corrected chi connectivity index (χ1v) is 7.17. The van der Waals surface area contributed by atoms with Gasteiger partial charge in [0.05, 0.1) is 5.56 Å². The average molecular weight is 282 g/mol. The molecule has 0 atom stereocenters. The number of nitriles is 1. The Morgan fingerprint density at radius 1 is 1.24 bits per heavy atom. The van der Waals surface area contributed by atoms with E-state index in [9.17, 15) is 0 Å². The fourth-order valence-corrected chi connectivity index (χ4v) is 2.60. The van der Waals surface area contributed by atoms with Gasteiger partial charge < -0.3 is 15.2 Å². The molecular weight excluding hydrogens is 260 g/mol. The molecule has 0 aliphatic heterocycles. The molecule has 0 aliphatic rings. The lowest BCUT2D eigenvalue weighted by atomic mass is 10.2. The van der Waals surface area contributed by atoms with Crippen LogP contribution in [0.1, 0.15) is 23.2 Å². The van der Waals surface area contributed by atoms with Crippen molar-refractivity contribution in [2.24, 2.45) is 0 Å². The molecule has 2 rings (SSSR count). The minimum Gasteiger partial charge on any atom is -0.384 e. The summed E-state index contributed by atoms with van der Waals surface area (Å²) in [6.07, 6.45) is 0.982. The minimum absolute atomic E-state index is 0.592. The Morgan fingerprint density at radius 2 is 1.90 bits per heavy atom. The third-order valence-electron chi connectivity index (χ3n) is 4.05. The van der Waals surface area contributed by atoms with Crippen LogP contribution in [0.2, 0.25) is 0 Å². The summed E-state index contributed by atoms with van der Waals surface area (Å²) in [6.45, 7) is 5.75. The van der Waals surface area contributed by atoms with Gasteiger partial charge in [0.1, 0.15) is 11.9 Å². The Balaban J connectivity index is 2.00. The Morgan fingerprint density at radius 3 is 2.48 bits per heavy atom. The van der Waals surface area contributed by atoms with Crippen LogP contribution in [0.4, 0.5) is 11.5 Å². The highest BCUT2D eigenvalue weighted by Gasteiger charge is 2.14. The smallest absolute Gasteiger partial charge is 0.122 e. The van der Waals surface area contributed by atoms with Gasteiger partial charge in [-0.3, -0.25) is 0 Å². The van der Waals surface area contributed by atoms with Crippen LogP contribution in [0, 0.1) is 25.2 Å². The zero-order valence-corrected chi connectivity index (χ0v) is 12.9. The van der Waals surface area contributed by atoms with Gasteiger partial charge in [0, 0.05) is 31.5 Å². The number of para-hydroxylation sites is 1. The first-order chi connectivity index (χ1) is 10.1. The third kappa shape index (κ3) is 3.03. The summed E-state index contributed by atoms with van der Waals surface area (Å²) >= 11 is 0. The zero-order chi connectivity index (χ0) is 15.4. The molecule has 0 saturated carbocycles. The Hall–Kier alpha value is -2.41. The van der Waals surface area contributed by atoms with E-state index in [-0.39, 0.29) is 0 Å². The predicted octanol–water partition coefficient (Wildman–Crippen LogP) is 3.09. The van der Waals surface area contributed by atoms with E-state index in [1.165, 1.54) is 5.69 Å². The molecule has 4 heteroatoms. The van der Waals surface area contributed by atoms with Gasteiger partial charge in [-0.25, -0.2) is 0 Å². The maximum Gasteiger partial charge on any atom is 0.122 e. The molecule has 2 aromatic rings. The SMILES string of the molecule is Cc1c(C#N)c(N)n(CCCN(C)c2ccccc2)c1C. The third-order valence-corrected chi connectivity index (χ3v) is 4.05. The van der Waals surface area contributed by atoms with Gasteiger partial charge in [-0.05, 0) is 38.0 Å². The second-order valence-corrected chi connectivity index (χ2v) is 5.34. The topological polar surface area (TPSA) is 58.0 Å². The van der Waals surface area contributed by atoms with Crippen LogP contribution in [0.15, 0.2) is 30.3 Å². The molecule has 21 heavy (non-hydrogen) atoms. The number of nitrogens with zero attached hydrogens (tertiary/aromatic N) is 3. The van der Waals surface area contributed by atoms with E-state index in [0.29, 0.717) is 11.4 Å². The molecule has 0 unspecified atom stereocenters. The summed E-state index contributed by atoms with van der Waals surface area (Å²) < 4.78 is 2.05. The maximum atomic E-state index is 9.15. The van der Waals surface area contributed by atoms with Crippen LogP contribution >= 0.6 is 0 Å². The standard InChI is InChI=1S/C17H22N4/c1-13-14(2)21(17(19)16(13)12-18)11-7-10-20(3)15-8-5-4-6-9-15/h4-6,8-9H,7,10-11,19H2,1-3H3. The van der Waals surface area contributed by atoms with E-state index < -0.39 is 0 Å². The van der Waals surface area contributed by atoms with Crippen LogP contribution in [-0.4, -0.2) is 18.2 Å². The van der Waals surface area contributed by atoms with Gasteiger partial charge >= 0.3 is 0 Å². The normalized spacial score (nSPS) is 10.4. The highest BCUT2D eigenvalue weighted by Crippen LogP contribution is 2.23. The maximum absolute atomic E-state index is 9.15. The van der Waals surface area contributed by atoms with Gasteiger partial charge in [0.25, 0.3) is 0 Å². The van der Waals surface area contributed by atoms with Crippen LogP contribution in [0.25, 0.3) is 0 Å². The molecule has 4 nitrogen and oxygen atoms in total. The van der Waals surface area contributed by atoms with Crippen LogP contribution < -0.4 is 10.6 Å². The molecule has 0 bridgehead atoms. The fraction of sp³-hybridized carbons (Fsp3) is 0.353. The molecule has 2 N–H and O–H groups in total. The highest BCUT2D eigenvalue weighted by molar-refractivity contribution is 5.57. The number of hydrogen-bond donors (Lipinski definition) is 1. The predicted molar refractivity (Wildman–Crippen MR) is 87.4 cm³/mol. The van der Waals surface area contributed by atoms with E-state index in [0.717, 1.165) is 30.8 Å². The van der Waals surface area contributed by atoms with Crippen LogP contribution in [0.5, 0.6) is 0 Å². The highest BCUT2D eigenvalue weighted by atomic mass is 15.1. The molecule has 110 valence electrons. The summed E-state index contributed by atoms with van der Waals surface area (Å²) in [5.41, 5.74) is 9.98. The molecule has 1 aromatic heterocycles. The van der Waals surface area contributed by atoms with Gasteiger partial charge in [-0.1, -0.05) is 18.2 Å². The molecule has 1 heterocycles. The van der Waals surface area contributed by atoms with Gasteiger partial charge in [0.2, 0.25) is 0 Å². The van der Waals surface area contributed by atoms with Crippen molar-refractivity contribution in [1.82, 2.24) is 4.57 Å². The fourth-order valence-electron chi connectivity index (χ4n) is 2.60. The van der Waals surface area contributed by atoms with Gasteiger partial charge in [-0.2, -0.15) is 5.26 Å². The average Bonchev–Trinajstić information content (AvgIpc) is 2.71. The molecule has 0 radical (unpaired) electrons. The van der Waals surface area contributed by atoms with Gasteiger partial charge in [0.15, 0.2) is 0 Å². The van der Waals surface area contributed by atoms with Crippen molar-refractivity contribution in [1.29, 1.82) is 5.26 Å².